The van der Waals surface area contributed by atoms with Gasteiger partial charge in [0.05, 0.1) is 35.4 Å². The summed E-state index contributed by atoms with van der Waals surface area (Å²) in [6.07, 6.45) is 4.62. The van der Waals surface area contributed by atoms with Crippen LogP contribution >= 0.6 is 11.6 Å². The van der Waals surface area contributed by atoms with Gasteiger partial charge in [0.25, 0.3) is 5.91 Å². The van der Waals surface area contributed by atoms with Gasteiger partial charge in [0.1, 0.15) is 12.3 Å². The lowest BCUT2D eigenvalue weighted by molar-refractivity contribution is -0.116. The van der Waals surface area contributed by atoms with Crippen LogP contribution in [0.3, 0.4) is 0 Å². The van der Waals surface area contributed by atoms with E-state index in [9.17, 15) is 9.59 Å². The van der Waals surface area contributed by atoms with E-state index in [4.69, 9.17) is 16.0 Å². The zero-order valence-electron chi connectivity index (χ0n) is 14.9. The summed E-state index contributed by atoms with van der Waals surface area (Å²) in [6.45, 7) is 4.41. The van der Waals surface area contributed by atoms with Gasteiger partial charge in [-0.15, -0.1) is 0 Å². The fourth-order valence-electron chi connectivity index (χ4n) is 2.42. The van der Waals surface area contributed by atoms with Gasteiger partial charge in [0.15, 0.2) is 5.69 Å². The number of aryl methyl sites for hydroxylation is 1. The van der Waals surface area contributed by atoms with Crippen molar-refractivity contribution in [2.45, 2.75) is 33.5 Å². The predicted molar refractivity (Wildman–Crippen MR) is 98.4 cm³/mol. The molecule has 3 aromatic heterocycles. The van der Waals surface area contributed by atoms with E-state index in [0.717, 1.165) is 0 Å². The SMILES string of the molecule is CCn1cc(NC(=O)Cn2ncc(Cl)c2C)c(C(=O)NCc2ccco2)n1. The average Bonchev–Trinajstić information content (AvgIpc) is 3.37. The summed E-state index contributed by atoms with van der Waals surface area (Å²) < 4.78 is 8.25. The minimum atomic E-state index is -0.410. The number of anilines is 1. The Hall–Kier alpha value is -3.07. The van der Waals surface area contributed by atoms with E-state index >= 15 is 0 Å². The van der Waals surface area contributed by atoms with Crippen molar-refractivity contribution >= 4 is 29.1 Å². The Kier molecular flexibility index (Phi) is 5.60. The van der Waals surface area contributed by atoms with Gasteiger partial charge in [0.2, 0.25) is 5.91 Å². The summed E-state index contributed by atoms with van der Waals surface area (Å²) in [7, 11) is 0. The molecule has 3 rings (SSSR count). The number of carbonyl (C=O) groups is 2. The number of rotatable bonds is 7. The first-order valence-electron chi connectivity index (χ1n) is 8.33. The Balaban J connectivity index is 1.70. The molecular weight excluding hydrogens is 372 g/mol. The standard InChI is InChI=1S/C17H19ClN6O3/c1-3-23-9-14(21-15(25)10-24-11(2)13(18)8-20-24)16(22-23)17(26)19-7-12-5-4-6-27-12/h4-6,8-9H,3,7,10H2,1-2H3,(H,19,26)(H,21,25). The number of hydrogen-bond donors (Lipinski definition) is 2. The number of halogens is 1. The number of nitrogens with one attached hydrogen (secondary N) is 2. The first-order valence-corrected chi connectivity index (χ1v) is 8.71. The van der Waals surface area contributed by atoms with Crippen LogP contribution in [0.1, 0.15) is 28.9 Å². The lowest BCUT2D eigenvalue weighted by Gasteiger charge is -2.07. The Labute approximate surface area is 160 Å². The maximum absolute atomic E-state index is 12.5. The normalized spacial score (nSPS) is 10.8. The van der Waals surface area contributed by atoms with Crippen LogP contribution in [0.2, 0.25) is 5.02 Å². The van der Waals surface area contributed by atoms with Crippen LogP contribution in [0.15, 0.2) is 35.2 Å². The van der Waals surface area contributed by atoms with Gasteiger partial charge in [0, 0.05) is 12.7 Å². The lowest BCUT2D eigenvalue weighted by Crippen LogP contribution is -2.26. The van der Waals surface area contributed by atoms with Crippen molar-refractivity contribution in [3.05, 3.63) is 53.0 Å². The summed E-state index contributed by atoms with van der Waals surface area (Å²) >= 11 is 5.95. The first-order chi connectivity index (χ1) is 13.0. The van der Waals surface area contributed by atoms with Gasteiger partial charge in [-0.25, -0.2) is 0 Å². The van der Waals surface area contributed by atoms with E-state index in [0.29, 0.717) is 28.7 Å². The molecule has 0 saturated heterocycles. The molecule has 3 heterocycles. The van der Waals surface area contributed by atoms with Gasteiger partial charge in [-0.3, -0.25) is 19.0 Å². The predicted octanol–water partition coefficient (Wildman–Crippen LogP) is 2.22. The average molecular weight is 391 g/mol. The highest BCUT2D eigenvalue weighted by molar-refractivity contribution is 6.31. The molecule has 0 fully saturated rings. The molecule has 2 N–H and O–H groups in total. The maximum Gasteiger partial charge on any atom is 0.274 e. The van der Waals surface area contributed by atoms with Gasteiger partial charge < -0.3 is 15.1 Å². The molecule has 3 aromatic rings. The highest BCUT2D eigenvalue weighted by Gasteiger charge is 2.19. The fraction of sp³-hybridized carbons (Fsp3) is 0.294. The van der Waals surface area contributed by atoms with E-state index in [1.54, 1.807) is 29.9 Å². The third-order valence-corrected chi connectivity index (χ3v) is 4.29. The maximum atomic E-state index is 12.5. The van der Waals surface area contributed by atoms with Crippen molar-refractivity contribution in [3.63, 3.8) is 0 Å². The van der Waals surface area contributed by atoms with Crippen molar-refractivity contribution < 1.29 is 14.0 Å². The second-order valence-corrected chi connectivity index (χ2v) is 6.20. The second kappa shape index (κ2) is 8.09. The molecule has 10 heteroatoms. The van der Waals surface area contributed by atoms with E-state index < -0.39 is 5.91 Å². The number of nitrogens with zero attached hydrogens (tertiary/aromatic N) is 4. The number of aromatic nitrogens is 4. The highest BCUT2D eigenvalue weighted by Crippen LogP contribution is 2.16. The first kappa shape index (κ1) is 18.7. The summed E-state index contributed by atoms with van der Waals surface area (Å²) in [5, 5.41) is 14.2. The molecule has 0 aliphatic rings. The highest BCUT2D eigenvalue weighted by atomic mass is 35.5. The molecule has 0 aliphatic heterocycles. The fourth-order valence-corrected chi connectivity index (χ4v) is 2.56. The third-order valence-electron chi connectivity index (χ3n) is 3.91. The van der Waals surface area contributed by atoms with Crippen LogP contribution in [0, 0.1) is 6.92 Å². The van der Waals surface area contributed by atoms with Crippen LogP contribution in [0.4, 0.5) is 5.69 Å². The van der Waals surface area contributed by atoms with Crippen molar-refractivity contribution in [1.82, 2.24) is 24.9 Å². The van der Waals surface area contributed by atoms with Gasteiger partial charge in [-0.1, -0.05) is 11.6 Å². The topological polar surface area (TPSA) is 107 Å². The summed E-state index contributed by atoms with van der Waals surface area (Å²) in [5.41, 5.74) is 1.15. The Morgan fingerprint density at radius 2 is 2.19 bits per heavy atom. The Morgan fingerprint density at radius 3 is 2.81 bits per heavy atom. The van der Waals surface area contributed by atoms with Crippen LogP contribution in [-0.2, 0) is 24.4 Å². The molecule has 9 nitrogen and oxygen atoms in total. The quantitative estimate of drug-likeness (QED) is 0.643. The van der Waals surface area contributed by atoms with Gasteiger partial charge in [-0.2, -0.15) is 10.2 Å². The molecule has 0 unspecified atom stereocenters. The molecule has 0 aromatic carbocycles. The van der Waals surface area contributed by atoms with E-state index in [1.807, 2.05) is 6.92 Å². The Bertz CT molecular complexity index is 944. The molecule has 27 heavy (non-hydrogen) atoms. The largest absolute Gasteiger partial charge is 0.467 e. The van der Waals surface area contributed by atoms with Gasteiger partial charge in [-0.05, 0) is 26.0 Å². The lowest BCUT2D eigenvalue weighted by atomic mass is 10.3. The zero-order valence-corrected chi connectivity index (χ0v) is 15.7. The number of amides is 2. The van der Waals surface area contributed by atoms with E-state index in [2.05, 4.69) is 20.8 Å². The van der Waals surface area contributed by atoms with Crippen LogP contribution < -0.4 is 10.6 Å². The molecule has 2 amide bonds. The number of hydrogen-bond acceptors (Lipinski definition) is 5. The van der Waals surface area contributed by atoms with Crippen molar-refractivity contribution in [2.24, 2.45) is 0 Å². The number of furan rings is 1. The minimum absolute atomic E-state index is 0.0245. The third kappa shape index (κ3) is 4.37. The molecule has 0 saturated carbocycles. The molecule has 0 radical (unpaired) electrons. The molecular formula is C17H19ClN6O3. The Morgan fingerprint density at radius 1 is 1.37 bits per heavy atom. The zero-order chi connectivity index (χ0) is 19.4. The second-order valence-electron chi connectivity index (χ2n) is 5.79. The van der Waals surface area contributed by atoms with Crippen LogP contribution in [-0.4, -0.2) is 31.4 Å². The minimum Gasteiger partial charge on any atom is -0.467 e. The molecule has 0 bridgehead atoms. The smallest absolute Gasteiger partial charge is 0.274 e. The molecule has 0 aliphatic carbocycles. The van der Waals surface area contributed by atoms with Crippen LogP contribution in [0.25, 0.3) is 0 Å². The van der Waals surface area contributed by atoms with E-state index in [-0.39, 0.29) is 24.7 Å². The molecule has 0 spiro atoms. The van der Waals surface area contributed by atoms with Crippen molar-refractivity contribution in [3.8, 4) is 0 Å². The number of carbonyl (C=O) groups excluding carboxylic acids is 2. The van der Waals surface area contributed by atoms with Gasteiger partial charge >= 0.3 is 0 Å². The van der Waals surface area contributed by atoms with Crippen molar-refractivity contribution in [2.75, 3.05) is 5.32 Å². The van der Waals surface area contributed by atoms with Crippen molar-refractivity contribution in [1.29, 1.82) is 0 Å². The summed E-state index contributed by atoms with van der Waals surface area (Å²) in [6, 6.07) is 3.49. The molecule has 142 valence electrons. The summed E-state index contributed by atoms with van der Waals surface area (Å²) in [4.78, 5) is 24.8. The van der Waals surface area contributed by atoms with Crippen LogP contribution in [0.5, 0.6) is 0 Å². The monoisotopic (exact) mass is 390 g/mol. The van der Waals surface area contributed by atoms with E-state index in [1.165, 1.54) is 17.1 Å². The molecule has 0 atom stereocenters. The summed E-state index contributed by atoms with van der Waals surface area (Å²) in [5.74, 6) is -0.129.